The van der Waals surface area contributed by atoms with Gasteiger partial charge in [0.2, 0.25) is 0 Å². The van der Waals surface area contributed by atoms with Gasteiger partial charge in [-0.2, -0.15) is 0 Å². The quantitative estimate of drug-likeness (QED) is 0.759. The number of amides is 1. The van der Waals surface area contributed by atoms with Crippen LogP contribution in [0.2, 0.25) is 0 Å². The highest BCUT2D eigenvalue weighted by atomic mass is 32.1. The van der Waals surface area contributed by atoms with E-state index in [1.165, 1.54) is 11.3 Å². The van der Waals surface area contributed by atoms with Gasteiger partial charge in [0, 0.05) is 17.3 Å². The predicted octanol–water partition coefficient (Wildman–Crippen LogP) is 4.25. The van der Waals surface area contributed by atoms with Crippen LogP contribution in [0.25, 0.3) is 10.2 Å². The minimum absolute atomic E-state index is 0.186. The number of fused-ring (bicyclic) bond motifs is 1. The molecule has 0 bridgehead atoms. The molecule has 4 nitrogen and oxygen atoms in total. The van der Waals surface area contributed by atoms with Gasteiger partial charge in [-0.05, 0) is 29.7 Å². The first-order chi connectivity index (χ1) is 10.6. The number of para-hydroxylation sites is 1. The topological polar surface area (TPSA) is 68.0 Å². The van der Waals surface area contributed by atoms with Crippen LogP contribution in [0, 0.1) is 0 Å². The summed E-state index contributed by atoms with van der Waals surface area (Å²) in [6.07, 6.45) is 1.70. The summed E-state index contributed by atoms with van der Waals surface area (Å²) in [7, 11) is 0. The van der Waals surface area contributed by atoms with Crippen LogP contribution in [0.3, 0.4) is 0 Å². The molecule has 112 valence electrons. The number of hydrogen-bond acceptors (Lipinski definition) is 4. The molecule has 2 aromatic heterocycles. The number of carbonyl (C=O) groups is 1. The third-order valence-corrected chi connectivity index (χ3v) is 4.67. The zero-order chi connectivity index (χ0) is 15.7. The van der Waals surface area contributed by atoms with Crippen LogP contribution < -0.4 is 11.1 Å². The summed E-state index contributed by atoms with van der Waals surface area (Å²) in [5.41, 5.74) is 8.53. The fourth-order valence-electron chi connectivity index (χ4n) is 2.41. The third-order valence-electron chi connectivity index (χ3n) is 3.54. The Labute approximate surface area is 133 Å². The molecule has 22 heavy (non-hydrogen) atoms. The minimum atomic E-state index is -0.186. The first kappa shape index (κ1) is 14.5. The van der Waals surface area contributed by atoms with Gasteiger partial charge in [0.1, 0.15) is 9.71 Å². The monoisotopic (exact) mass is 311 g/mol. The standard InChI is InChI=1S/C17H17N3OS/c1-10(2)11-6-3-4-8-13(11)20-16(21)15-14(18)12-7-5-9-19-17(12)22-15/h3-10H,18H2,1-2H3,(H,20,21). The Bertz CT molecular complexity index is 839. The zero-order valence-corrected chi connectivity index (χ0v) is 13.3. The number of aromatic nitrogens is 1. The fourth-order valence-corrected chi connectivity index (χ4v) is 3.37. The van der Waals surface area contributed by atoms with Crippen LogP contribution in [0.15, 0.2) is 42.6 Å². The molecule has 3 rings (SSSR count). The molecule has 0 saturated heterocycles. The lowest BCUT2D eigenvalue weighted by atomic mass is 10.0. The Morgan fingerprint density at radius 1 is 1.23 bits per heavy atom. The first-order valence-electron chi connectivity index (χ1n) is 7.11. The van der Waals surface area contributed by atoms with Crippen LogP contribution in [-0.2, 0) is 0 Å². The highest BCUT2D eigenvalue weighted by molar-refractivity contribution is 7.21. The molecule has 3 N–H and O–H groups in total. The number of benzene rings is 1. The Balaban J connectivity index is 1.96. The van der Waals surface area contributed by atoms with Crippen molar-refractivity contribution in [3.8, 4) is 0 Å². The van der Waals surface area contributed by atoms with Gasteiger partial charge in [0.15, 0.2) is 0 Å². The van der Waals surface area contributed by atoms with E-state index in [1.54, 1.807) is 6.20 Å². The Morgan fingerprint density at radius 3 is 2.73 bits per heavy atom. The van der Waals surface area contributed by atoms with Crippen molar-refractivity contribution in [2.75, 3.05) is 11.1 Å². The number of nitrogens with two attached hydrogens (primary N) is 1. The fraction of sp³-hybridized carbons (Fsp3) is 0.176. The maximum Gasteiger partial charge on any atom is 0.267 e. The van der Waals surface area contributed by atoms with E-state index in [0.29, 0.717) is 16.5 Å². The Hall–Kier alpha value is -2.40. The largest absolute Gasteiger partial charge is 0.397 e. The molecule has 0 fully saturated rings. The van der Waals surface area contributed by atoms with E-state index >= 15 is 0 Å². The van der Waals surface area contributed by atoms with E-state index in [-0.39, 0.29) is 5.91 Å². The molecular weight excluding hydrogens is 294 g/mol. The maximum atomic E-state index is 12.6. The molecule has 0 aliphatic rings. The van der Waals surface area contributed by atoms with Crippen molar-refractivity contribution in [3.63, 3.8) is 0 Å². The molecule has 0 aliphatic carbocycles. The second kappa shape index (κ2) is 5.77. The number of hydrogen-bond donors (Lipinski definition) is 2. The van der Waals surface area contributed by atoms with Crippen molar-refractivity contribution in [3.05, 3.63) is 53.0 Å². The molecule has 0 radical (unpaired) electrons. The first-order valence-corrected chi connectivity index (χ1v) is 7.93. The number of nitrogens with one attached hydrogen (secondary N) is 1. The Kier molecular flexibility index (Phi) is 3.81. The highest BCUT2D eigenvalue weighted by Gasteiger charge is 2.18. The van der Waals surface area contributed by atoms with E-state index in [1.807, 2.05) is 36.4 Å². The lowest BCUT2D eigenvalue weighted by Crippen LogP contribution is -2.13. The molecule has 1 aromatic carbocycles. The second-order valence-corrected chi connectivity index (χ2v) is 6.40. The van der Waals surface area contributed by atoms with Gasteiger partial charge in [0.05, 0.1) is 5.69 Å². The molecular formula is C17H17N3OS. The van der Waals surface area contributed by atoms with E-state index in [2.05, 4.69) is 24.1 Å². The highest BCUT2D eigenvalue weighted by Crippen LogP contribution is 2.33. The number of rotatable bonds is 3. The molecule has 0 unspecified atom stereocenters. The molecule has 2 heterocycles. The SMILES string of the molecule is CC(C)c1ccccc1NC(=O)c1sc2ncccc2c1N. The smallest absolute Gasteiger partial charge is 0.267 e. The summed E-state index contributed by atoms with van der Waals surface area (Å²) < 4.78 is 0. The predicted molar refractivity (Wildman–Crippen MR) is 92.5 cm³/mol. The summed E-state index contributed by atoms with van der Waals surface area (Å²) in [6, 6.07) is 11.5. The minimum Gasteiger partial charge on any atom is -0.397 e. The number of carbonyl (C=O) groups excluding carboxylic acids is 1. The van der Waals surface area contributed by atoms with Gasteiger partial charge in [-0.1, -0.05) is 32.0 Å². The molecule has 5 heteroatoms. The lowest BCUT2D eigenvalue weighted by Gasteiger charge is -2.13. The average molecular weight is 311 g/mol. The van der Waals surface area contributed by atoms with Gasteiger partial charge in [-0.3, -0.25) is 4.79 Å². The van der Waals surface area contributed by atoms with E-state index < -0.39 is 0 Å². The van der Waals surface area contributed by atoms with Crippen LogP contribution in [0.4, 0.5) is 11.4 Å². The van der Waals surface area contributed by atoms with Gasteiger partial charge in [0.25, 0.3) is 5.91 Å². The number of nitrogen functional groups attached to an aromatic ring is 1. The van der Waals surface area contributed by atoms with E-state index in [0.717, 1.165) is 21.5 Å². The van der Waals surface area contributed by atoms with Crippen molar-refractivity contribution >= 4 is 38.8 Å². The van der Waals surface area contributed by atoms with Gasteiger partial charge < -0.3 is 11.1 Å². The van der Waals surface area contributed by atoms with E-state index in [9.17, 15) is 4.79 Å². The summed E-state index contributed by atoms with van der Waals surface area (Å²) in [5, 5.41) is 3.80. The van der Waals surface area contributed by atoms with Gasteiger partial charge >= 0.3 is 0 Å². The van der Waals surface area contributed by atoms with Crippen molar-refractivity contribution in [1.29, 1.82) is 0 Å². The van der Waals surface area contributed by atoms with Gasteiger partial charge in [-0.15, -0.1) is 11.3 Å². The number of anilines is 2. The van der Waals surface area contributed by atoms with Crippen LogP contribution >= 0.6 is 11.3 Å². The molecule has 0 saturated carbocycles. The number of pyridine rings is 1. The summed E-state index contributed by atoms with van der Waals surface area (Å²) in [5.74, 6) is 0.145. The molecule has 3 aromatic rings. The second-order valence-electron chi connectivity index (χ2n) is 5.40. The summed E-state index contributed by atoms with van der Waals surface area (Å²) in [6.45, 7) is 4.20. The van der Waals surface area contributed by atoms with Crippen LogP contribution in [0.1, 0.15) is 35.0 Å². The normalized spacial score (nSPS) is 11.0. The summed E-state index contributed by atoms with van der Waals surface area (Å²) in [4.78, 5) is 18.1. The maximum absolute atomic E-state index is 12.6. The van der Waals surface area contributed by atoms with Crippen molar-refractivity contribution in [2.24, 2.45) is 0 Å². The molecule has 1 amide bonds. The number of nitrogens with zero attached hydrogens (tertiary/aromatic N) is 1. The van der Waals surface area contributed by atoms with Crippen molar-refractivity contribution < 1.29 is 4.79 Å². The van der Waals surface area contributed by atoms with Crippen LogP contribution in [0.5, 0.6) is 0 Å². The molecule has 0 aliphatic heterocycles. The number of thiophene rings is 1. The summed E-state index contributed by atoms with van der Waals surface area (Å²) >= 11 is 1.32. The van der Waals surface area contributed by atoms with Crippen LogP contribution in [-0.4, -0.2) is 10.9 Å². The molecule has 0 spiro atoms. The zero-order valence-electron chi connectivity index (χ0n) is 12.5. The van der Waals surface area contributed by atoms with Crippen molar-refractivity contribution in [1.82, 2.24) is 4.98 Å². The lowest BCUT2D eigenvalue weighted by molar-refractivity contribution is 0.103. The van der Waals surface area contributed by atoms with Gasteiger partial charge in [-0.25, -0.2) is 4.98 Å². The van der Waals surface area contributed by atoms with E-state index in [4.69, 9.17) is 5.73 Å². The van der Waals surface area contributed by atoms with Crippen molar-refractivity contribution in [2.45, 2.75) is 19.8 Å². The average Bonchev–Trinajstić information content (AvgIpc) is 2.85. The third kappa shape index (κ3) is 2.55. The Morgan fingerprint density at radius 2 is 2.00 bits per heavy atom. The molecule has 0 atom stereocenters.